The van der Waals surface area contributed by atoms with Crippen molar-refractivity contribution in [2.75, 3.05) is 0 Å². The minimum atomic E-state index is 0.592. The lowest BCUT2D eigenvalue weighted by molar-refractivity contribution is 0.436. The van der Waals surface area contributed by atoms with Gasteiger partial charge in [0.2, 0.25) is 6.08 Å². The number of aliphatic imine (C=N–C) groups is 1. The van der Waals surface area contributed by atoms with Crippen LogP contribution in [-0.2, 0) is 4.79 Å². The summed E-state index contributed by atoms with van der Waals surface area (Å²) in [6.07, 6.45) is 14.7. The van der Waals surface area contributed by atoms with Gasteiger partial charge >= 0.3 is 0 Å². The van der Waals surface area contributed by atoms with Gasteiger partial charge in [-0.3, -0.25) is 0 Å². The molecule has 0 radical (unpaired) electrons. The third-order valence-electron chi connectivity index (χ3n) is 5.35. The second-order valence-corrected chi connectivity index (χ2v) is 6.66. The molecule has 1 aromatic carbocycles. The Morgan fingerprint density at radius 1 is 0.810 bits per heavy atom. The number of hydrogen-bond acceptors (Lipinski definition) is 2. The van der Waals surface area contributed by atoms with E-state index in [1.165, 1.54) is 75.3 Å². The largest absolute Gasteiger partial charge is 0.240 e. The average molecular weight is 283 g/mol. The van der Waals surface area contributed by atoms with Gasteiger partial charge in [-0.25, -0.2) is 4.79 Å². The third-order valence-corrected chi connectivity index (χ3v) is 5.35. The summed E-state index contributed by atoms with van der Waals surface area (Å²) in [5, 5.41) is 0. The van der Waals surface area contributed by atoms with Gasteiger partial charge in [0.1, 0.15) is 0 Å². The van der Waals surface area contributed by atoms with Gasteiger partial charge in [-0.1, -0.05) is 56.7 Å². The highest BCUT2D eigenvalue weighted by Gasteiger charge is 2.24. The summed E-state index contributed by atoms with van der Waals surface area (Å²) in [4.78, 5) is 15.1. The van der Waals surface area contributed by atoms with Crippen molar-refractivity contribution in [2.45, 2.75) is 76.0 Å². The fourth-order valence-corrected chi connectivity index (χ4v) is 4.24. The Balaban J connectivity index is 1.97. The zero-order valence-corrected chi connectivity index (χ0v) is 12.8. The Morgan fingerprint density at radius 2 is 1.29 bits per heavy atom. The minimum Gasteiger partial charge on any atom is -0.211 e. The standard InChI is InChI=1S/C19H25NO/c21-14-20-19-17(15-8-3-1-4-9-15)12-7-13-18(19)16-10-5-2-6-11-16/h7,12-13,15-16H,1-6,8-11H2. The number of para-hydroxylation sites is 1. The van der Waals surface area contributed by atoms with Crippen LogP contribution in [0.15, 0.2) is 23.2 Å². The number of carbonyl (C=O) groups excluding carboxylic acids is 1. The molecule has 2 fully saturated rings. The average Bonchev–Trinajstić information content (AvgIpc) is 2.57. The summed E-state index contributed by atoms with van der Waals surface area (Å²) in [6.45, 7) is 0. The molecular formula is C19H25NO. The van der Waals surface area contributed by atoms with Crippen LogP contribution < -0.4 is 0 Å². The molecule has 0 spiro atoms. The second kappa shape index (κ2) is 7.04. The molecule has 0 atom stereocenters. The highest BCUT2D eigenvalue weighted by Crippen LogP contribution is 2.43. The van der Waals surface area contributed by atoms with Crippen LogP contribution in [0.3, 0.4) is 0 Å². The quantitative estimate of drug-likeness (QED) is 0.513. The van der Waals surface area contributed by atoms with E-state index in [-0.39, 0.29) is 0 Å². The van der Waals surface area contributed by atoms with Crippen LogP contribution in [0.5, 0.6) is 0 Å². The molecule has 0 aromatic heterocycles. The highest BCUT2D eigenvalue weighted by atomic mass is 16.1. The van der Waals surface area contributed by atoms with Gasteiger partial charge in [-0.2, -0.15) is 4.99 Å². The maximum atomic E-state index is 11.0. The van der Waals surface area contributed by atoms with Crippen molar-refractivity contribution in [2.24, 2.45) is 4.99 Å². The van der Waals surface area contributed by atoms with Gasteiger partial charge in [-0.05, 0) is 48.6 Å². The van der Waals surface area contributed by atoms with Gasteiger partial charge in [0.25, 0.3) is 0 Å². The Bertz CT molecular complexity index is 482. The Hall–Kier alpha value is -1.40. The molecule has 0 unspecified atom stereocenters. The van der Waals surface area contributed by atoms with Crippen LogP contribution in [0.2, 0.25) is 0 Å². The first kappa shape index (κ1) is 14.5. The zero-order valence-electron chi connectivity index (χ0n) is 12.8. The monoisotopic (exact) mass is 283 g/mol. The molecule has 0 bridgehead atoms. The molecule has 112 valence electrons. The smallest absolute Gasteiger partial charge is 0.211 e. The van der Waals surface area contributed by atoms with E-state index in [9.17, 15) is 4.79 Å². The number of benzene rings is 1. The number of isocyanates is 1. The number of nitrogens with zero attached hydrogens (tertiary/aromatic N) is 1. The van der Waals surface area contributed by atoms with Gasteiger partial charge in [-0.15, -0.1) is 0 Å². The predicted molar refractivity (Wildman–Crippen MR) is 85.9 cm³/mol. The van der Waals surface area contributed by atoms with E-state index in [2.05, 4.69) is 23.2 Å². The zero-order chi connectivity index (χ0) is 14.5. The fourth-order valence-electron chi connectivity index (χ4n) is 4.24. The van der Waals surface area contributed by atoms with Crippen molar-refractivity contribution in [3.63, 3.8) is 0 Å². The molecule has 0 saturated heterocycles. The second-order valence-electron chi connectivity index (χ2n) is 6.66. The Morgan fingerprint density at radius 3 is 1.71 bits per heavy atom. The summed E-state index contributed by atoms with van der Waals surface area (Å²) in [7, 11) is 0. The molecule has 2 saturated carbocycles. The molecule has 3 rings (SSSR count). The lowest BCUT2D eigenvalue weighted by Crippen LogP contribution is -2.09. The molecule has 2 aliphatic rings. The van der Waals surface area contributed by atoms with Gasteiger partial charge in [0.15, 0.2) is 0 Å². The summed E-state index contributed by atoms with van der Waals surface area (Å²) < 4.78 is 0. The predicted octanol–water partition coefficient (Wildman–Crippen LogP) is 5.75. The highest BCUT2D eigenvalue weighted by molar-refractivity contribution is 5.61. The molecule has 0 aliphatic heterocycles. The van der Waals surface area contributed by atoms with Crippen LogP contribution in [0.25, 0.3) is 0 Å². The van der Waals surface area contributed by atoms with E-state index >= 15 is 0 Å². The molecule has 2 aliphatic carbocycles. The van der Waals surface area contributed by atoms with E-state index in [0.717, 1.165) is 5.69 Å². The molecule has 1 aromatic rings. The first-order chi connectivity index (χ1) is 10.4. The van der Waals surface area contributed by atoms with Crippen LogP contribution in [0.4, 0.5) is 5.69 Å². The first-order valence-corrected chi connectivity index (χ1v) is 8.61. The van der Waals surface area contributed by atoms with E-state index in [1.807, 2.05) is 6.08 Å². The lowest BCUT2D eigenvalue weighted by Gasteiger charge is -2.27. The Kier molecular flexibility index (Phi) is 4.87. The van der Waals surface area contributed by atoms with Gasteiger partial charge in [0, 0.05) is 0 Å². The number of hydrogen-bond donors (Lipinski definition) is 0. The van der Waals surface area contributed by atoms with Gasteiger partial charge in [0.05, 0.1) is 5.69 Å². The van der Waals surface area contributed by atoms with Crippen LogP contribution in [-0.4, -0.2) is 6.08 Å². The minimum absolute atomic E-state index is 0.592. The SMILES string of the molecule is O=C=Nc1c(C2CCCCC2)cccc1C1CCCCC1. The fraction of sp³-hybridized carbons (Fsp3) is 0.632. The van der Waals surface area contributed by atoms with E-state index < -0.39 is 0 Å². The third kappa shape index (κ3) is 3.27. The molecule has 0 heterocycles. The van der Waals surface area contributed by atoms with E-state index in [0.29, 0.717) is 11.8 Å². The lowest BCUT2D eigenvalue weighted by atomic mass is 9.78. The van der Waals surface area contributed by atoms with Crippen molar-refractivity contribution in [1.29, 1.82) is 0 Å². The van der Waals surface area contributed by atoms with Crippen molar-refractivity contribution < 1.29 is 4.79 Å². The maximum Gasteiger partial charge on any atom is 0.240 e. The molecule has 2 nitrogen and oxygen atoms in total. The summed E-state index contributed by atoms with van der Waals surface area (Å²) in [5.41, 5.74) is 3.58. The van der Waals surface area contributed by atoms with Crippen LogP contribution in [0.1, 0.15) is 87.2 Å². The van der Waals surface area contributed by atoms with E-state index in [4.69, 9.17) is 0 Å². The molecular weight excluding hydrogens is 258 g/mol. The van der Waals surface area contributed by atoms with Crippen molar-refractivity contribution in [3.8, 4) is 0 Å². The summed E-state index contributed by atoms with van der Waals surface area (Å²) >= 11 is 0. The van der Waals surface area contributed by atoms with Crippen molar-refractivity contribution in [3.05, 3.63) is 29.3 Å². The first-order valence-electron chi connectivity index (χ1n) is 8.61. The molecule has 0 N–H and O–H groups in total. The van der Waals surface area contributed by atoms with Crippen molar-refractivity contribution >= 4 is 11.8 Å². The Labute approximate surface area is 127 Å². The summed E-state index contributed by atoms with van der Waals surface area (Å²) in [5.74, 6) is 1.18. The van der Waals surface area contributed by atoms with Gasteiger partial charge < -0.3 is 0 Å². The number of rotatable bonds is 3. The van der Waals surface area contributed by atoms with Crippen LogP contribution in [0, 0.1) is 0 Å². The maximum absolute atomic E-state index is 11.0. The van der Waals surface area contributed by atoms with Crippen LogP contribution >= 0.6 is 0 Å². The topological polar surface area (TPSA) is 29.4 Å². The molecule has 2 heteroatoms. The molecule has 0 amide bonds. The molecule has 21 heavy (non-hydrogen) atoms. The van der Waals surface area contributed by atoms with Crippen molar-refractivity contribution in [1.82, 2.24) is 0 Å². The normalized spacial score (nSPS) is 21.0. The summed E-state index contributed by atoms with van der Waals surface area (Å²) in [6, 6.07) is 6.56. The van der Waals surface area contributed by atoms with E-state index in [1.54, 1.807) is 0 Å².